The van der Waals surface area contributed by atoms with E-state index in [0.29, 0.717) is 5.13 Å². The van der Waals surface area contributed by atoms with Gasteiger partial charge in [-0.2, -0.15) is 0 Å². The number of thiazole rings is 1. The van der Waals surface area contributed by atoms with E-state index in [1.165, 1.54) is 16.9 Å². The summed E-state index contributed by atoms with van der Waals surface area (Å²) in [5, 5.41) is 3.23. The Hall–Kier alpha value is -2.92. The summed E-state index contributed by atoms with van der Waals surface area (Å²) in [5.41, 5.74) is 8.49. The molecule has 5 heteroatoms. The van der Waals surface area contributed by atoms with Gasteiger partial charge in [-0.1, -0.05) is 67.2 Å². The summed E-state index contributed by atoms with van der Waals surface area (Å²) < 4.78 is 0. The number of carbonyl (C=O) groups is 1. The molecule has 2 aromatic carbocycles. The summed E-state index contributed by atoms with van der Waals surface area (Å²) >= 11 is 1.46. The zero-order valence-electron chi connectivity index (χ0n) is 13.0. The van der Waals surface area contributed by atoms with E-state index >= 15 is 0 Å². The van der Waals surface area contributed by atoms with Gasteiger partial charge in [0.25, 0.3) is 5.91 Å². The maximum absolute atomic E-state index is 11.8. The third-order valence-electron chi connectivity index (χ3n) is 3.46. The van der Waals surface area contributed by atoms with Crippen LogP contribution >= 0.6 is 11.3 Å². The van der Waals surface area contributed by atoms with Crippen molar-refractivity contribution < 1.29 is 4.79 Å². The van der Waals surface area contributed by atoms with Crippen LogP contribution in [0, 0.1) is 0 Å². The van der Waals surface area contributed by atoms with Gasteiger partial charge in [-0.3, -0.25) is 10.1 Å². The molecule has 1 heterocycles. The highest BCUT2D eigenvalue weighted by atomic mass is 32.1. The topological polar surface area (TPSA) is 68.0 Å². The highest BCUT2D eigenvalue weighted by Crippen LogP contribution is 2.33. The molecule has 0 unspecified atom stereocenters. The Bertz CT molecular complexity index is 857. The normalized spacial score (nSPS) is 10.3. The number of nitrogens with two attached hydrogens (primary N) is 1. The van der Waals surface area contributed by atoms with Gasteiger partial charge < -0.3 is 5.73 Å². The average Bonchev–Trinajstić information content (AvgIpc) is 2.98. The van der Waals surface area contributed by atoms with Crippen molar-refractivity contribution in [1.82, 2.24) is 4.98 Å². The molecule has 0 saturated carbocycles. The van der Waals surface area contributed by atoms with Crippen LogP contribution in [0.5, 0.6) is 0 Å². The monoisotopic (exact) mass is 335 g/mol. The molecule has 0 spiro atoms. The number of benzene rings is 2. The molecule has 24 heavy (non-hydrogen) atoms. The fraction of sp³-hybridized carbons (Fsp3) is 0.0526. The third kappa shape index (κ3) is 3.70. The van der Waals surface area contributed by atoms with Crippen LogP contribution < -0.4 is 11.1 Å². The van der Waals surface area contributed by atoms with Gasteiger partial charge in [0.1, 0.15) is 0 Å². The van der Waals surface area contributed by atoms with Gasteiger partial charge >= 0.3 is 0 Å². The van der Waals surface area contributed by atoms with Crippen LogP contribution in [-0.2, 0) is 11.2 Å². The van der Waals surface area contributed by atoms with Gasteiger partial charge in [-0.05, 0) is 5.56 Å². The van der Waals surface area contributed by atoms with Crippen molar-refractivity contribution in [2.75, 3.05) is 5.32 Å². The lowest BCUT2D eigenvalue weighted by Crippen LogP contribution is -2.18. The minimum atomic E-state index is -0.422. The minimum absolute atomic E-state index is 0.0314. The Morgan fingerprint density at radius 2 is 1.71 bits per heavy atom. The van der Waals surface area contributed by atoms with E-state index in [4.69, 9.17) is 5.73 Å². The first kappa shape index (κ1) is 16.0. The molecule has 1 aromatic heterocycles. The Balaban J connectivity index is 1.97. The SMILES string of the molecule is C=C(N)C(=O)Nc1nc(-c2ccccc2)c(Cc2ccccc2)s1. The van der Waals surface area contributed by atoms with Crippen LogP contribution in [0.15, 0.2) is 72.9 Å². The van der Waals surface area contributed by atoms with Crippen molar-refractivity contribution in [3.8, 4) is 11.3 Å². The second-order valence-corrected chi connectivity index (χ2v) is 6.38. The van der Waals surface area contributed by atoms with Gasteiger partial charge in [0.2, 0.25) is 0 Å². The molecule has 3 rings (SSSR count). The van der Waals surface area contributed by atoms with Crippen molar-refractivity contribution in [2.24, 2.45) is 5.73 Å². The zero-order chi connectivity index (χ0) is 16.9. The molecular formula is C19H17N3OS. The summed E-state index contributed by atoms with van der Waals surface area (Å²) in [6, 6.07) is 20.1. The molecule has 0 aliphatic heterocycles. The second kappa shape index (κ2) is 7.10. The molecule has 1 amide bonds. The molecule has 120 valence electrons. The first-order chi connectivity index (χ1) is 11.6. The van der Waals surface area contributed by atoms with Crippen LogP contribution in [0.3, 0.4) is 0 Å². The highest BCUT2D eigenvalue weighted by molar-refractivity contribution is 7.16. The molecule has 0 radical (unpaired) electrons. The van der Waals surface area contributed by atoms with E-state index in [-0.39, 0.29) is 5.70 Å². The Labute approximate surface area is 144 Å². The summed E-state index contributed by atoms with van der Waals surface area (Å²) in [4.78, 5) is 17.4. The lowest BCUT2D eigenvalue weighted by Gasteiger charge is -2.02. The van der Waals surface area contributed by atoms with Crippen LogP contribution in [0.1, 0.15) is 10.4 Å². The standard InChI is InChI=1S/C19H17N3OS/c1-13(20)18(23)22-19-21-17(15-10-6-3-7-11-15)16(24-19)12-14-8-4-2-5-9-14/h2-11H,1,12,20H2,(H,21,22,23). The molecule has 0 bridgehead atoms. The number of aromatic nitrogens is 1. The first-order valence-electron chi connectivity index (χ1n) is 7.48. The molecule has 4 nitrogen and oxygen atoms in total. The summed E-state index contributed by atoms with van der Waals surface area (Å²) in [6.45, 7) is 3.45. The lowest BCUT2D eigenvalue weighted by molar-refractivity contribution is -0.112. The maximum atomic E-state index is 11.8. The van der Waals surface area contributed by atoms with Crippen molar-refractivity contribution in [1.29, 1.82) is 0 Å². The lowest BCUT2D eigenvalue weighted by atomic mass is 10.1. The number of amides is 1. The van der Waals surface area contributed by atoms with E-state index in [9.17, 15) is 4.79 Å². The molecule has 0 fully saturated rings. The molecule has 0 atom stereocenters. The summed E-state index contributed by atoms with van der Waals surface area (Å²) in [7, 11) is 0. The van der Waals surface area contributed by atoms with Crippen LogP contribution in [0.25, 0.3) is 11.3 Å². The van der Waals surface area contributed by atoms with Gasteiger partial charge in [0.15, 0.2) is 5.13 Å². The van der Waals surface area contributed by atoms with E-state index in [1.54, 1.807) is 0 Å². The second-order valence-electron chi connectivity index (χ2n) is 5.30. The van der Waals surface area contributed by atoms with Gasteiger partial charge in [-0.25, -0.2) is 4.98 Å². The van der Waals surface area contributed by atoms with Gasteiger partial charge in [-0.15, -0.1) is 11.3 Å². The Morgan fingerprint density at radius 1 is 1.08 bits per heavy atom. The summed E-state index contributed by atoms with van der Waals surface area (Å²) in [5.74, 6) is -0.422. The first-order valence-corrected chi connectivity index (χ1v) is 8.30. The molecule has 3 N–H and O–H groups in total. The van der Waals surface area contributed by atoms with Crippen molar-refractivity contribution in [3.63, 3.8) is 0 Å². The number of rotatable bonds is 5. The van der Waals surface area contributed by atoms with E-state index in [0.717, 1.165) is 22.6 Å². The van der Waals surface area contributed by atoms with E-state index in [2.05, 4.69) is 29.0 Å². The number of carbonyl (C=O) groups excluding carboxylic acids is 1. The van der Waals surface area contributed by atoms with Crippen LogP contribution in [0.2, 0.25) is 0 Å². The minimum Gasteiger partial charge on any atom is -0.395 e. The smallest absolute Gasteiger partial charge is 0.272 e. The predicted octanol–water partition coefficient (Wildman–Crippen LogP) is 3.81. The Morgan fingerprint density at radius 3 is 2.33 bits per heavy atom. The number of hydrogen-bond donors (Lipinski definition) is 2. The number of nitrogens with one attached hydrogen (secondary N) is 1. The third-order valence-corrected chi connectivity index (χ3v) is 4.43. The van der Waals surface area contributed by atoms with Crippen LogP contribution in [-0.4, -0.2) is 10.9 Å². The molecule has 0 aliphatic carbocycles. The van der Waals surface area contributed by atoms with E-state index in [1.807, 2.05) is 48.5 Å². The van der Waals surface area contributed by atoms with Crippen molar-refractivity contribution >= 4 is 22.4 Å². The highest BCUT2D eigenvalue weighted by Gasteiger charge is 2.15. The van der Waals surface area contributed by atoms with E-state index < -0.39 is 5.91 Å². The van der Waals surface area contributed by atoms with Gasteiger partial charge in [0, 0.05) is 16.9 Å². The molecule has 0 saturated heterocycles. The number of nitrogens with zero attached hydrogens (tertiary/aromatic N) is 1. The number of anilines is 1. The van der Waals surface area contributed by atoms with Crippen molar-refractivity contribution in [2.45, 2.75) is 6.42 Å². The molecular weight excluding hydrogens is 318 g/mol. The Kier molecular flexibility index (Phi) is 4.72. The fourth-order valence-electron chi connectivity index (χ4n) is 2.31. The van der Waals surface area contributed by atoms with Crippen LogP contribution in [0.4, 0.5) is 5.13 Å². The fourth-order valence-corrected chi connectivity index (χ4v) is 3.32. The molecule has 3 aromatic rings. The largest absolute Gasteiger partial charge is 0.395 e. The quantitative estimate of drug-likeness (QED) is 0.697. The molecule has 0 aliphatic rings. The summed E-state index contributed by atoms with van der Waals surface area (Å²) in [6.07, 6.45) is 0.752. The average molecular weight is 335 g/mol. The van der Waals surface area contributed by atoms with Gasteiger partial charge in [0.05, 0.1) is 11.4 Å². The maximum Gasteiger partial charge on any atom is 0.272 e. The van der Waals surface area contributed by atoms with Crippen molar-refractivity contribution in [3.05, 3.63) is 83.4 Å². The number of hydrogen-bond acceptors (Lipinski definition) is 4. The predicted molar refractivity (Wildman–Crippen MR) is 98.8 cm³/mol. The zero-order valence-corrected chi connectivity index (χ0v) is 13.8.